The lowest BCUT2D eigenvalue weighted by atomic mass is 10.3. The molecule has 1 unspecified atom stereocenters. The molecule has 1 heterocycles. The van der Waals surface area contributed by atoms with Crippen LogP contribution in [0.2, 0.25) is 0 Å². The molecule has 12 heavy (non-hydrogen) atoms. The number of hydrogen-bond acceptors (Lipinski definition) is 4. The molecule has 0 aromatic carbocycles. The standard InChI is InChI=1S/C8H15N3O/c1-6(9)4-10-5-8-3-7(2)11-12-8/h3,6,10H,4-5,9H2,1-2H3. The van der Waals surface area contributed by atoms with Gasteiger partial charge in [0.15, 0.2) is 5.76 Å². The Labute approximate surface area is 72.1 Å². The molecule has 68 valence electrons. The van der Waals surface area contributed by atoms with E-state index in [1.165, 1.54) is 0 Å². The molecule has 0 aliphatic heterocycles. The van der Waals surface area contributed by atoms with Crippen LogP contribution in [-0.2, 0) is 6.54 Å². The molecular formula is C8H15N3O. The van der Waals surface area contributed by atoms with Crippen LogP contribution in [0.4, 0.5) is 0 Å². The number of aryl methyl sites for hydroxylation is 1. The van der Waals surface area contributed by atoms with Crippen molar-refractivity contribution in [1.82, 2.24) is 10.5 Å². The van der Waals surface area contributed by atoms with Crippen molar-refractivity contribution < 1.29 is 4.52 Å². The highest BCUT2D eigenvalue weighted by molar-refractivity contribution is 5.02. The van der Waals surface area contributed by atoms with E-state index in [1.54, 1.807) is 0 Å². The number of rotatable bonds is 4. The van der Waals surface area contributed by atoms with E-state index in [4.69, 9.17) is 10.3 Å². The Morgan fingerprint density at radius 2 is 2.50 bits per heavy atom. The molecule has 1 aromatic heterocycles. The maximum atomic E-state index is 5.55. The number of nitrogens with two attached hydrogens (primary N) is 1. The van der Waals surface area contributed by atoms with Crippen LogP contribution in [0.5, 0.6) is 0 Å². The van der Waals surface area contributed by atoms with E-state index in [2.05, 4.69) is 10.5 Å². The fourth-order valence-electron chi connectivity index (χ4n) is 0.923. The van der Waals surface area contributed by atoms with Crippen molar-refractivity contribution >= 4 is 0 Å². The summed E-state index contributed by atoms with van der Waals surface area (Å²) in [6.07, 6.45) is 0. The Bertz CT molecular complexity index is 232. The SMILES string of the molecule is Cc1cc(CNCC(C)N)on1. The molecule has 0 saturated carbocycles. The summed E-state index contributed by atoms with van der Waals surface area (Å²) in [5, 5.41) is 6.92. The van der Waals surface area contributed by atoms with Gasteiger partial charge < -0.3 is 15.6 Å². The van der Waals surface area contributed by atoms with Crippen LogP contribution < -0.4 is 11.1 Å². The largest absolute Gasteiger partial charge is 0.360 e. The molecule has 0 spiro atoms. The first-order valence-electron chi connectivity index (χ1n) is 4.07. The van der Waals surface area contributed by atoms with Gasteiger partial charge in [0, 0.05) is 18.7 Å². The minimum atomic E-state index is 0.175. The topological polar surface area (TPSA) is 64.1 Å². The maximum absolute atomic E-state index is 5.55. The van der Waals surface area contributed by atoms with Gasteiger partial charge in [-0.15, -0.1) is 0 Å². The predicted molar refractivity (Wildman–Crippen MR) is 46.6 cm³/mol. The molecule has 1 atom stereocenters. The zero-order chi connectivity index (χ0) is 8.97. The zero-order valence-corrected chi connectivity index (χ0v) is 7.50. The van der Waals surface area contributed by atoms with Crippen molar-refractivity contribution in [3.63, 3.8) is 0 Å². The first kappa shape index (κ1) is 9.22. The van der Waals surface area contributed by atoms with Gasteiger partial charge in [0.2, 0.25) is 0 Å². The van der Waals surface area contributed by atoms with Gasteiger partial charge in [0.1, 0.15) is 0 Å². The van der Waals surface area contributed by atoms with Crippen LogP contribution in [0.3, 0.4) is 0 Å². The Balaban J connectivity index is 2.24. The molecule has 0 fully saturated rings. The Kier molecular flexibility index (Phi) is 3.25. The van der Waals surface area contributed by atoms with Gasteiger partial charge in [0.05, 0.1) is 12.2 Å². The first-order valence-corrected chi connectivity index (χ1v) is 4.07. The maximum Gasteiger partial charge on any atom is 0.150 e. The van der Waals surface area contributed by atoms with Gasteiger partial charge in [0.25, 0.3) is 0 Å². The van der Waals surface area contributed by atoms with Crippen LogP contribution in [0.15, 0.2) is 10.6 Å². The van der Waals surface area contributed by atoms with Gasteiger partial charge in [-0.2, -0.15) is 0 Å². The molecule has 0 radical (unpaired) electrons. The van der Waals surface area contributed by atoms with Gasteiger partial charge in [-0.05, 0) is 13.8 Å². The highest BCUT2D eigenvalue weighted by atomic mass is 16.5. The molecule has 1 aromatic rings. The van der Waals surface area contributed by atoms with Gasteiger partial charge >= 0.3 is 0 Å². The van der Waals surface area contributed by atoms with Crippen molar-refractivity contribution in [2.24, 2.45) is 5.73 Å². The lowest BCUT2D eigenvalue weighted by Crippen LogP contribution is -2.30. The van der Waals surface area contributed by atoms with Crippen molar-refractivity contribution in [3.05, 3.63) is 17.5 Å². The molecular weight excluding hydrogens is 154 g/mol. The average molecular weight is 169 g/mol. The lowest BCUT2D eigenvalue weighted by Gasteiger charge is -2.04. The first-order chi connectivity index (χ1) is 5.68. The molecule has 4 nitrogen and oxygen atoms in total. The Hall–Kier alpha value is -0.870. The average Bonchev–Trinajstić information content (AvgIpc) is 2.35. The van der Waals surface area contributed by atoms with Gasteiger partial charge in [-0.25, -0.2) is 0 Å². The molecule has 0 saturated heterocycles. The fourth-order valence-corrected chi connectivity index (χ4v) is 0.923. The molecule has 0 bridgehead atoms. The number of nitrogens with one attached hydrogen (secondary N) is 1. The van der Waals surface area contributed by atoms with E-state index in [9.17, 15) is 0 Å². The lowest BCUT2D eigenvalue weighted by molar-refractivity contribution is 0.368. The molecule has 4 heteroatoms. The molecule has 1 rings (SSSR count). The third-order valence-corrected chi connectivity index (χ3v) is 1.44. The fraction of sp³-hybridized carbons (Fsp3) is 0.625. The van der Waals surface area contributed by atoms with E-state index < -0.39 is 0 Å². The van der Waals surface area contributed by atoms with Crippen LogP contribution in [0.25, 0.3) is 0 Å². The number of aromatic nitrogens is 1. The second kappa shape index (κ2) is 4.23. The number of hydrogen-bond donors (Lipinski definition) is 2. The van der Waals surface area contributed by atoms with Crippen molar-refractivity contribution in [3.8, 4) is 0 Å². The van der Waals surface area contributed by atoms with Crippen LogP contribution in [0, 0.1) is 6.92 Å². The predicted octanol–water partition coefficient (Wildman–Crippen LogP) is 0.420. The summed E-state index contributed by atoms with van der Waals surface area (Å²) in [6.45, 7) is 5.35. The smallest absolute Gasteiger partial charge is 0.150 e. The molecule has 0 aliphatic rings. The van der Waals surface area contributed by atoms with Gasteiger partial charge in [-0.3, -0.25) is 0 Å². The number of nitrogens with zero attached hydrogens (tertiary/aromatic N) is 1. The minimum absolute atomic E-state index is 0.175. The van der Waals surface area contributed by atoms with Crippen LogP contribution in [-0.4, -0.2) is 17.7 Å². The minimum Gasteiger partial charge on any atom is -0.360 e. The Morgan fingerprint density at radius 3 is 3.00 bits per heavy atom. The quantitative estimate of drug-likeness (QED) is 0.685. The third kappa shape index (κ3) is 3.02. The summed E-state index contributed by atoms with van der Waals surface area (Å²) < 4.78 is 4.99. The van der Waals surface area contributed by atoms with E-state index in [0.717, 1.165) is 18.0 Å². The van der Waals surface area contributed by atoms with E-state index in [0.29, 0.717) is 6.54 Å². The highest BCUT2D eigenvalue weighted by Gasteiger charge is 1.99. The van der Waals surface area contributed by atoms with Crippen molar-refractivity contribution in [2.45, 2.75) is 26.4 Å². The van der Waals surface area contributed by atoms with Crippen LogP contribution >= 0.6 is 0 Å². The summed E-state index contributed by atoms with van der Waals surface area (Å²) >= 11 is 0. The monoisotopic (exact) mass is 169 g/mol. The second-order valence-electron chi connectivity index (χ2n) is 3.04. The van der Waals surface area contributed by atoms with Crippen LogP contribution in [0.1, 0.15) is 18.4 Å². The van der Waals surface area contributed by atoms with Crippen molar-refractivity contribution in [1.29, 1.82) is 0 Å². The molecule has 0 amide bonds. The van der Waals surface area contributed by atoms with E-state index >= 15 is 0 Å². The van der Waals surface area contributed by atoms with E-state index in [-0.39, 0.29) is 6.04 Å². The van der Waals surface area contributed by atoms with Crippen molar-refractivity contribution in [2.75, 3.05) is 6.54 Å². The molecule has 0 aliphatic carbocycles. The summed E-state index contributed by atoms with van der Waals surface area (Å²) in [6, 6.07) is 2.09. The molecule has 3 N–H and O–H groups in total. The second-order valence-corrected chi connectivity index (χ2v) is 3.04. The summed E-state index contributed by atoms with van der Waals surface area (Å²) in [5.74, 6) is 0.855. The zero-order valence-electron chi connectivity index (χ0n) is 7.50. The van der Waals surface area contributed by atoms with E-state index in [1.807, 2.05) is 19.9 Å². The summed E-state index contributed by atoms with van der Waals surface area (Å²) in [7, 11) is 0. The summed E-state index contributed by atoms with van der Waals surface area (Å²) in [4.78, 5) is 0. The Morgan fingerprint density at radius 1 is 1.75 bits per heavy atom. The third-order valence-electron chi connectivity index (χ3n) is 1.44. The summed E-state index contributed by atoms with van der Waals surface area (Å²) in [5.41, 5.74) is 6.46. The highest BCUT2D eigenvalue weighted by Crippen LogP contribution is 2.00. The normalized spacial score (nSPS) is 13.2. The van der Waals surface area contributed by atoms with Gasteiger partial charge in [-0.1, -0.05) is 5.16 Å².